The number of benzene rings is 4. The fourth-order valence-corrected chi connectivity index (χ4v) is 4.48. The second-order valence-electron chi connectivity index (χ2n) is 9.74. The third kappa shape index (κ3) is 8.71. The Morgan fingerprint density at radius 3 is 1.93 bits per heavy atom. The number of aromatic nitrogens is 3. The summed E-state index contributed by atoms with van der Waals surface area (Å²) in [5.41, 5.74) is 8.68. The van der Waals surface area contributed by atoms with E-state index in [9.17, 15) is 0 Å². The largest absolute Gasteiger partial charge is 0.378 e. The van der Waals surface area contributed by atoms with Gasteiger partial charge in [-0.1, -0.05) is 91.0 Å². The van der Waals surface area contributed by atoms with E-state index >= 15 is 0 Å². The van der Waals surface area contributed by atoms with Crippen molar-refractivity contribution >= 4 is 34.3 Å². The van der Waals surface area contributed by atoms with E-state index in [1.807, 2.05) is 54.6 Å². The number of fused-ring (bicyclic) bond motifs is 1. The Kier molecular flexibility index (Phi) is 10.6. The monoisotopic (exact) mass is 563 g/mol. The van der Waals surface area contributed by atoms with Crippen LogP contribution in [0.15, 0.2) is 103 Å². The summed E-state index contributed by atoms with van der Waals surface area (Å²) >= 11 is 0. The fourth-order valence-electron chi connectivity index (χ4n) is 4.48. The zero-order valence-corrected chi connectivity index (χ0v) is 23.7. The van der Waals surface area contributed by atoms with Crippen LogP contribution in [0.4, 0.5) is 23.5 Å². The predicted molar refractivity (Wildman–Crippen MR) is 169 cm³/mol. The van der Waals surface area contributed by atoms with Gasteiger partial charge >= 0.3 is 0 Å². The number of nitrogens with two attached hydrogens (primary N) is 1. The van der Waals surface area contributed by atoms with Gasteiger partial charge in [0, 0.05) is 31.9 Å². The Hall–Kier alpha value is -4.57. The molecule has 0 aliphatic rings. The molecule has 0 atom stereocenters. The summed E-state index contributed by atoms with van der Waals surface area (Å²) in [6, 6.07) is 35.2. The molecular formula is C33H37N7O2. The lowest BCUT2D eigenvalue weighted by molar-refractivity contribution is 0.0547. The second kappa shape index (κ2) is 15.4. The van der Waals surface area contributed by atoms with Gasteiger partial charge in [-0.05, 0) is 34.0 Å². The highest BCUT2D eigenvalue weighted by Crippen LogP contribution is 2.24. The molecule has 0 aliphatic carbocycles. The fraction of sp³-hybridized carbons (Fsp3) is 0.242. The molecule has 4 aromatic carbocycles. The third-order valence-corrected chi connectivity index (χ3v) is 6.51. The van der Waals surface area contributed by atoms with Crippen LogP contribution in [0.5, 0.6) is 0 Å². The number of nitrogens with one attached hydrogen (secondary N) is 2. The average molecular weight is 564 g/mol. The van der Waals surface area contributed by atoms with Crippen LogP contribution in [0.25, 0.3) is 10.8 Å². The Balaban J connectivity index is 1.39. The maximum absolute atomic E-state index is 5.68. The lowest BCUT2D eigenvalue weighted by Crippen LogP contribution is -2.25. The molecule has 0 fully saturated rings. The maximum Gasteiger partial charge on any atom is 0.233 e. The van der Waals surface area contributed by atoms with Gasteiger partial charge < -0.3 is 30.7 Å². The minimum atomic E-state index is 0.458. The molecule has 0 saturated heterocycles. The van der Waals surface area contributed by atoms with Crippen molar-refractivity contribution in [2.45, 2.75) is 13.1 Å². The molecule has 42 heavy (non-hydrogen) atoms. The van der Waals surface area contributed by atoms with Crippen LogP contribution in [0.2, 0.25) is 0 Å². The van der Waals surface area contributed by atoms with Crippen molar-refractivity contribution in [1.82, 2.24) is 15.0 Å². The third-order valence-electron chi connectivity index (χ3n) is 6.51. The van der Waals surface area contributed by atoms with Crippen molar-refractivity contribution in [3.8, 4) is 0 Å². The van der Waals surface area contributed by atoms with E-state index in [1.165, 1.54) is 5.39 Å². The lowest BCUT2D eigenvalue weighted by Gasteiger charge is -2.24. The van der Waals surface area contributed by atoms with Gasteiger partial charge in [-0.25, -0.2) is 0 Å². The minimum absolute atomic E-state index is 0.458. The highest BCUT2D eigenvalue weighted by Gasteiger charge is 2.16. The van der Waals surface area contributed by atoms with E-state index in [0.717, 1.165) is 22.2 Å². The molecule has 0 bridgehead atoms. The number of hydrogen-bond donors (Lipinski definition) is 3. The average Bonchev–Trinajstić information content (AvgIpc) is 3.03. The Morgan fingerprint density at radius 1 is 0.619 bits per heavy atom. The summed E-state index contributed by atoms with van der Waals surface area (Å²) in [6.07, 6.45) is 0. The molecule has 0 spiro atoms. The van der Waals surface area contributed by atoms with Crippen molar-refractivity contribution in [3.05, 3.63) is 114 Å². The first-order valence-electron chi connectivity index (χ1n) is 14.2. The lowest BCUT2D eigenvalue weighted by atomic mass is 10.1. The second-order valence-corrected chi connectivity index (χ2v) is 9.74. The molecule has 0 aliphatic heterocycles. The van der Waals surface area contributed by atoms with Crippen molar-refractivity contribution in [3.63, 3.8) is 0 Å². The first kappa shape index (κ1) is 28.9. The van der Waals surface area contributed by atoms with Gasteiger partial charge in [0.25, 0.3) is 0 Å². The van der Waals surface area contributed by atoms with Gasteiger partial charge in [0.05, 0.1) is 26.4 Å². The van der Waals surface area contributed by atoms with Gasteiger partial charge in [0.2, 0.25) is 17.8 Å². The maximum atomic E-state index is 5.68. The van der Waals surface area contributed by atoms with Crippen LogP contribution >= 0.6 is 0 Å². The van der Waals surface area contributed by atoms with Gasteiger partial charge in [-0.2, -0.15) is 15.0 Å². The van der Waals surface area contributed by atoms with E-state index in [1.54, 1.807) is 0 Å². The van der Waals surface area contributed by atoms with Crippen molar-refractivity contribution in [2.24, 2.45) is 5.73 Å². The van der Waals surface area contributed by atoms with E-state index < -0.39 is 0 Å². The van der Waals surface area contributed by atoms with Crippen LogP contribution in [0.3, 0.4) is 0 Å². The van der Waals surface area contributed by atoms with Crippen LogP contribution in [-0.4, -0.2) is 54.5 Å². The number of ether oxygens (including phenoxy) is 2. The predicted octanol–water partition coefficient (Wildman–Crippen LogP) is 5.38. The highest BCUT2D eigenvalue weighted by molar-refractivity contribution is 5.86. The molecular weight excluding hydrogens is 526 g/mol. The molecule has 0 saturated carbocycles. The quantitative estimate of drug-likeness (QED) is 0.136. The smallest absolute Gasteiger partial charge is 0.233 e. The van der Waals surface area contributed by atoms with Crippen LogP contribution in [0, 0.1) is 0 Å². The highest BCUT2D eigenvalue weighted by atomic mass is 16.5. The summed E-state index contributed by atoms with van der Waals surface area (Å²) in [5, 5.41) is 9.02. The standard InChI is InChI=1S/C33H37N7O2/c34-17-19-41-21-22-42-20-18-35-31-37-32(36-30-16-15-28-13-7-8-14-29(28)23-30)39-33(38-31)40(24-26-9-3-1-4-10-26)25-27-11-5-2-6-12-27/h1-16,23H,17-22,24-25,34H2,(H2,35,36,37,38,39). The van der Waals surface area contributed by atoms with Gasteiger partial charge in [-0.3, -0.25) is 0 Å². The molecule has 0 unspecified atom stereocenters. The summed E-state index contributed by atoms with van der Waals surface area (Å²) in [5.74, 6) is 1.50. The molecule has 9 nitrogen and oxygen atoms in total. The SMILES string of the molecule is NCCOCCOCCNc1nc(Nc2ccc3ccccc3c2)nc(N(Cc2ccccc2)Cc2ccccc2)n1. The normalized spacial score (nSPS) is 11.0. The molecule has 0 amide bonds. The molecule has 1 aromatic heterocycles. The minimum Gasteiger partial charge on any atom is -0.378 e. The summed E-state index contributed by atoms with van der Waals surface area (Å²) < 4.78 is 11.0. The molecule has 216 valence electrons. The van der Waals surface area contributed by atoms with Crippen LogP contribution < -0.4 is 21.3 Å². The van der Waals surface area contributed by atoms with Gasteiger partial charge in [0.15, 0.2) is 0 Å². The van der Waals surface area contributed by atoms with Crippen molar-refractivity contribution in [1.29, 1.82) is 0 Å². The van der Waals surface area contributed by atoms with Crippen LogP contribution in [-0.2, 0) is 22.6 Å². The summed E-state index contributed by atoms with van der Waals surface area (Å²) in [7, 11) is 0. The molecule has 5 aromatic rings. The Labute approximate surface area is 246 Å². The molecule has 0 radical (unpaired) electrons. The number of nitrogens with zero attached hydrogens (tertiary/aromatic N) is 4. The van der Waals surface area contributed by atoms with Gasteiger partial charge in [-0.15, -0.1) is 0 Å². The van der Waals surface area contributed by atoms with Crippen molar-refractivity contribution < 1.29 is 9.47 Å². The van der Waals surface area contributed by atoms with Gasteiger partial charge in [0.1, 0.15) is 0 Å². The summed E-state index contributed by atoms with van der Waals surface area (Å²) in [6.45, 7) is 4.35. The Bertz CT molecular complexity index is 1480. The molecule has 5 rings (SSSR count). The van der Waals surface area contributed by atoms with E-state index in [2.05, 4.69) is 64.1 Å². The van der Waals surface area contributed by atoms with E-state index in [0.29, 0.717) is 70.5 Å². The first-order chi connectivity index (χ1) is 20.8. The zero-order valence-electron chi connectivity index (χ0n) is 23.7. The Morgan fingerprint density at radius 2 is 1.24 bits per heavy atom. The molecule has 4 N–H and O–H groups in total. The molecule has 9 heteroatoms. The topological polar surface area (TPSA) is 110 Å². The zero-order chi connectivity index (χ0) is 28.8. The van der Waals surface area contributed by atoms with E-state index in [4.69, 9.17) is 30.2 Å². The first-order valence-corrected chi connectivity index (χ1v) is 14.2. The number of rotatable bonds is 16. The number of hydrogen-bond acceptors (Lipinski definition) is 9. The number of anilines is 4. The van der Waals surface area contributed by atoms with Crippen LogP contribution in [0.1, 0.15) is 11.1 Å². The van der Waals surface area contributed by atoms with E-state index in [-0.39, 0.29) is 0 Å². The van der Waals surface area contributed by atoms with Crippen molar-refractivity contribution in [2.75, 3.05) is 55.1 Å². The summed E-state index contributed by atoms with van der Waals surface area (Å²) in [4.78, 5) is 16.6. The molecule has 1 heterocycles.